The molecule has 0 amide bonds. The van der Waals surface area contributed by atoms with E-state index in [0.29, 0.717) is 20.5 Å². The van der Waals surface area contributed by atoms with Gasteiger partial charge in [-0.15, -0.1) is 0 Å². The number of allylic oxidation sites excluding steroid dienone is 1. The Labute approximate surface area is 189 Å². The number of nitrogens with zero attached hydrogens (tertiary/aromatic N) is 1. The summed E-state index contributed by atoms with van der Waals surface area (Å²) < 4.78 is 58.8. The number of carbonyl (C=O) groups excluding carboxylic acids is 1. The lowest BCUT2D eigenvalue weighted by molar-refractivity contribution is -0.149. The molecule has 144 valence electrons. The number of ether oxygens (including phenoxy) is 2. The number of esters is 1. The smallest absolute Gasteiger partial charge is 0.311 e. The summed E-state index contributed by atoms with van der Waals surface area (Å²) in [4.78, 5) is 13.1. The van der Waals surface area contributed by atoms with Crippen molar-refractivity contribution in [2.75, 3.05) is 0 Å². The quantitative estimate of drug-likeness (QED) is 0.416. The van der Waals surface area contributed by atoms with Crippen LogP contribution in [-0.2, 0) is 9.53 Å². The average molecular weight is 511 g/mol. The van der Waals surface area contributed by atoms with E-state index < -0.39 is 43.0 Å². The van der Waals surface area contributed by atoms with Crippen LogP contribution in [0.4, 0.5) is 0 Å². The third kappa shape index (κ3) is 4.65. The van der Waals surface area contributed by atoms with Gasteiger partial charge in [-0.2, -0.15) is 5.26 Å². The van der Waals surface area contributed by atoms with Crippen LogP contribution in [0, 0.1) is 28.6 Å². The number of carbonyl (C=O) groups is 1. The summed E-state index contributed by atoms with van der Waals surface area (Å²) in [5.41, 5.74) is -2.03. The summed E-state index contributed by atoms with van der Waals surface area (Å²) >= 11 is 6.21. The molecule has 4 nitrogen and oxygen atoms in total. The molecule has 2 aromatic carbocycles. The van der Waals surface area contributed by atoms with Gasteiger partial charge in [-0.3, -0.25) is 4.79 Å². The van der Waals surface area contributed by atoms with Crippen LogP contribution in [0.3, 0.4) is 0 Å². The van der Waals surface area contributed by atoms with Gasteiger partial charge in [-0.25, -0.2) is 0 Å². The maximum atomic E-state index is 13.1. The number of hydrogen-bond donors (Lipinski definition) is 0. The number of halogens is 2. The van der Waals surface area contributed by atoms with Gasteiger partial charge in [0.25, 0.3) is 0 Å². The molecule has 3 rings (SSSR count). The molecule has 1 aliphatic carbocycles. The summed E-state index contributed by atoms with van der Waals surface area (Å²) in [6.45, 7) is -5.96. The fraction of sp³-hybridized carbons (Fsp3) is 0.273. The number of nitriles is 1. The molecular weight excluding hydrogens is 486 g/mol. The molecule has 0 bridgehead atoms. The lowest BCUT2D eigenvalue weighted by Crippen LogP contribution is -2.14. The van der Waals surface area contributed by atoms with Crippen molar-refractivity contribution in [1.82, 2.24) is 0 Å². The van der Waals surface area contributed by atoms with E-state index in [0.717, 1.165) is 0 Å². The average Bonchev–Trinajstić information content (AvgIpc) is 3.42. The maximum absolute atomic E-state index is 13.1. The van der Waals surface area contributed by atoms with Crippen LogP contribution in [0.15, 0.2) is 64.1 Å². The first kappa shape index (κ1) is 14.0. The highest BCUT2D eigenvalue weighted by atomic mass is 79.9. The molecule has 0 aromatic heterocycles. The van der Waals surface area contributed by atoms with Crippen LogP contribution in [0.5, 0.6) is 11.5 Å². The molecule has 0 saturated heterocycles. The van der Waals surface area contributed by atoms with Crippen molar-refractivity contribution in [2.45, 2.75) is 19.8 Å². The van der Waals surface area contributed by atoms with E-state index in [1.807, 2.05) is 12.1 Å². The first-order valence-electron chi connectivity index (χ1n) is 11.3. The van der Waals surface area contributed by atoms with Crippen LogP contribution in [0.25, 0.3) is 0 Å². The van der Waals surface area contributed by atoms with Crippen molar-refractivity contribution in [3.8, 4) is 17.6 Å². The third-order valence-electron chi connectivity index (χ3n) is 4.32. The highest BCUT2D eigenvalue weighted by molar-refractivity contribution is 9.28. The Bertz CT molecular complexity index is 1110. The molecule has 0 N–H and O–H groups in total. The van der Waals surface area contributed by atoms with Gasteiger partial charge in [0.1, 0.15) is 17.6 Å². The minimum Gasteiger partial charge on any atom is -0.457 e. The molecular formula is C22H19Br2NO3. The molecule has 0 aliphatic heterocycles. The van der Waals surface area contributed by atoms with Crippen molar-refractivity contribution in [3.63, 3.8) is 0 Å². The Morgan fingerprint density at radius 2 is 1.93 bits per heavy atom. The largest absolute Gasteiger partial charge is 0.457 e. The van der Waals surface area contributed by atoms with E-state index in [2.05, 4.69) is 31.9 Å². The summed E-state index contributed by atoms with van der Waals surface area (Å²) in [5.74, 6) is -2.75. The van der Waals surface area contributed by atoms with E-state index in [1.54, 1.807) is 42.5 Å². The van der Waals surface area contributed by atoms with Gasteiger partial charge in [0, 0.05) is 13.8 Å². The standard InChI is InChI=1S/C22H19Br2NO3/c1-22(2)17(12-19(23)24)20(22)21(26)28-18(13-25)14-7-6-10-16(11-14)27-15-8-4-3-5-9-15/h3-12,17-18,20H,1-2H3/t17-,18?,20+/m1/s1/i1D3,2D3. The summed E-state index contributed by atoms with van der Waals surface area (Å²) in [6, 6.07) is 17.2. The van der Waals surface area contributed by atoms with Crippen LogP contribution in [-0.4, -0.2) is 5.97 Å². The number of benzene rings is 2. The molecule has 0 radical (unpaired) electrons. The second kappa shape index (κ2) is 8.50. The van der Waals surface area contributed by atoms with Gasteiger partial charge >= 0.3 is 5.97 Å². The summed E-state index contributed by atoms with van der Waals surface area (Å²) in [6.07, 6.45) is -0.0734. The molecule has 1 aliphatic rings. The van der Waals surface area contributed by atoms with Crippen LogP contribution in [0.2, 0.25) is 0 Å². The zero-order valence-electron chi connectivity index (χ0n) is 20.4. The Morgan fingerprint density at radius 3 is 2.57 bits per heavy atom. The van der Waals surface area contributed by atoms with Crippen molar-refractivity contribution in [1.29, 1.82) is 5.26 Å². The second-order valence-electron chi connectivity index (χ2n) is 6.26. The highest BCUT2D eigenvalue weighted by Crippen LogP contribution is 2.60. The van der Waals surface area contributed by atoms with Gasteiger partial charge in [0.15, 0.2) is 0 Å². The van der Waals surface area contributed by atoms with Crippen LogP contribution in [0.1, 0.15) is 33.6 Å². The van der Waals surface area contributed by atoms with E-state index in [1.165, 1.54) is 12.1 Å². The molecule has 1 fully saturated rings. The first-order valence-corrected chi connectivity index (χ1v) is 9.87. The zero-order chi connectivity index (χ0) is 25.3. The predicted molar refractivity (Wildman–Crippen MR) is 114 cm³/mol. The third-order valence-corrected chi connectivity index (χ3v) is 4.85. The predicted octanol–water partition coefficient (Wildman–Crippen LogP) is 6.49. The lowest BCUT2D eigenvalue weighted by atomic mass is 10.1. The Kier molecular flexibility index (Phi) is 4.24. The zero-order valence-corrected chi connectivity index (χ0v) is 17.6. The lowest BCUT2D eigenvalue weighted by Gasteiger charge is -2.13. The van der Waals surface area contributed by atoms with E-state index in [4.69, 9.17) is 17.7 Å². The molecule has 0 heterocycles. The molecule has 2 aromatic rings. The Hall–Kier alpha value is -2.10. The second-order valence-corrected chi connectivity index (χ2v) is 9.04. The van der Waals surface area contributed by atoms with Crippen molar-refractivity contribution >= 4 is 37.8 Å². The van der Waals surface area contributed by atoms with Crippen molar-refractivity contribution in [2.24, 2.45) is 17.3 Å². The SMILES string of the molecule is [2H]C([2H])([2H])C1(C([2H])([2H])[2H])[C@H](C=C(Br)Br)[C@H]1C(=O)OC(C#N)c1cccc(Oc2ccccc2)c1. The van der Waals surface area contributed by atoms with Gasteiger partial charge in [0.2, 0.25) is 6.10 Å². The molecule has 28 heavy (non-hydrogen) atoms. The minimum absolute atomic E-state index is 0.298. The van der Waals surface area contributed by atoms with E-state index >= 15 is 0 Å². The monoisotopic (exact) mass is 509 g/mol. The van der Waals surface area contributed by atoms with Crippen LogP contribution < -0.4 is 4.74 Å². The molecule has 1 saturated carbocycles. The number of hydrogen-bond acceptors (Lipinski definition) is 4. The molecule has 6 heteroatoms. The minimum atomic E-state index is -2.98. The van der Waals surface area contributed by atoms with E-state index in [-0.39, 0.29) is 0 Å². The van der Waals surface area contributed by atoms with Crippen molar-refractivity contribution in [3.05, 3.63) is 69.6 Å². The topological polar surface area (TPSA) is 59.3 Å². The highest BCUT2D eigenvalue weighted by Gasteiger charge is 2.61. The maximum Gasteiger partial charge on any atom is 0.311 e. The molecule has 1 unspecified atom stereocenters. The fourth-order valence-electron chi connectivity index (χ4n) is 2.83. The van der Waals surface area contributed by atoms with Gasteiger partial charge in [0.05, 0.1) is 9.31 Å². The van der Waals surface area contributed by atoms with E-state index in [9.17, 15) is 10.1 Å². The first-order chi connectivity index (χ1) is 15.8. The van der Waals surface area contributed by atoms with Crippen LogP contribution >= 0.6 is 31.9 Å². The summed E-state index contributed by atoms with van der Waals surface area (Å²) in [5, 5.41) is 9.66. The van der Waals surface area contributed by atoms with Crippen molar-refractivity contribution < 1.29 is 22.5 Å². The van der Waals surface area contributed by atoms with Gasteiger partial charge in [-0.1, -0.05) is 50.1 Å². The number of rotatable bonds is 6. The Morgan fingerprint density at radius 1 is 1.21 bits per heavy atom. The Balaban J connectivity index is 1.88. The molecule has 0 spiro atoms. The molecule has 3 atom stereocenters. The normalized spacial score (nSPS) is 24.5. The number of para-hydroxylation sites is 1. The summed E-state index contributed by atoms with van der Waals surface area (Å²) in [7, 11) is 0. The van der Waals surface area contributed by atoms with Gasteiger partial charge < -0.3 is 9.47 Å². The fourth-order valence-corrected chi connectivity index (χ4v) is 3.40. The van der Waals surface area contributed by atoms with Gasteiger partial charge in [-0.05, 0) is 67.5 Å².